The van der Waals surface area contributed by atoms with Crippen molar-refractivity contribution in [1.29, 1.82) is 0 Å². The molecule has 0 aliphatic carbocycles. The highest BCUT2D eigenvalue weighted by molar-refractivity contribution is 5.96. The second-order valence-corrected chi connectivity index (χ2v) is 10.8. The van der Waals surface area contributed by atoms with Crippen LogP contribution in [0.2, 0.25) is 0 Å². The smallest absolute Gasteiger partial charge is 0.227 e. The van der Waals surface area contributed by atoms with Gasteiger partial charge in [-0.3, -0.25) is 4.79 Å². The third-order valence-corrected chi connectivity index (χ3v) is 6.96. The maximum Gasteiger partial charge on any atom is 0.227 e. The van der Waals surface area contributed by atoms with Gasteiger partial charge in [0.25, 0.3) is 0 Å². The summed E-state index contributed by atoms with van der Waals surface area (Å²) in [5.41, 5.74) is 6.91. The highest BCUT2D eigenvalue weighted by Gasteiger charge is 2.47. The van der Waals surface area contributed by atoms with Gasteiger partial charge in [-0.15, -0.1) is 0 Å². The number of hydrogen-bond acceptors (Lipinski definition) is 2. The number of nitrogens with zero attached hydrogens (tertiary/aromatic N) is 1. The van der Waals surface area contributed by atoms with Crippen LogP contribution in [0.1, 0.15) is 84.4 Å². The van der Waals surface area contributed by atoms with Crippen molar-refractivity contribution < 1.29 is 4.79 Å². The van der Waals surface area contributed by atoms with Gasteiger partial charge < -0.3 is 10.2 Å². The highest BCUT2D eigenvalue weighted by Crippen LogP contribution is 2.51. The lowest BCUT2D eigenvalue weighted by molar-refractivity contribution is -0.120. The van der Waals surface area contributed by atoms with Gasteiger partial charge in [0.2, 0.25) is 5.91 Å². The van der Waals surface area contributed by atoms with Gasteiger partial charge >= 0.3 is 0 Å². The molecule has 0 saturated heterocycles. The fraction of sp³-hybridized carbons (Fsp3) is 0.464. The molecule has 1 amide bonds. The lowest BCUT2D eigenvalue weighted by atomic mass is 9.64. The van der Waals surface area contributed by atoms with E-state index >= 15 is 0 Å². The van der Waals surface area contributed by atoms with Gasteiger partial charge in [0.1, 0.15) is 0 Å². The van der Waals surface area contributed by atoms with E-state index in [-0.39, 0.29) is 22.4 Å². The Morgan fingerprint density at radius 1 is 1.06 bits per heavy atom. The molecular weight excluding hydrogens is 380 g/mol. The number of rotatable bonds is 3. The molecule has 0 spiro atoms. The summed E-state index contributed by atoms with van der Waals surface area (Å²) >= 11 is 0. The third-order valence-electron chi connectivity index (χ3n) is 6.96. The summed E-state index contributed by atoms with van der Waals surface area (Å²) in [6.45, 7) is 15.5. The largest absolute Gasteiger partial charge is 0.376 e. The minimum absolute atomic E-state index is 0.0396. The van der Waals surface area contributed by atoms with E-state index in [9.17, 15) is 4.79 Å². The molecule has 1 unspecified atom stereocenters. The molecule has 0 radical (unpaired) electrons. The SMILES string of the molecule is CCCC(=O)N1c2ccccc2C(C)(c2ccc3c(c2)C(C)=CC(C)(C)N3)CC1(C)C. The molecule has 1 N–H and O–H groups in total. The summed E-state index contributed by atoms with van der Waals surface area (Å²) < 4.78 is 0. The average Bonchev–Trinajstić information content (AvgIpc) is 2.66. The molecule has 0 aromatic heterocycles. The van der Waals surface area contributed by atoms with Gasteiger partial charge in [-0.2, -0.15) is 0 Å². The number of hydrogen-bond donors (Lipinski definition) is 1. The molecule has 2 aromatic carbocycles. The molecule has 164 valence electrons. The quantitative estimate of drug-likeness (QED) is 0.589. The summed E-state index contributed by atoms with van der Waals surface area (Å²) in [7, 11) is 0. The normalized spacial score (nSPS) is 23.3. The predicted molar refractivity (Wildman–Crippen MR) is 132 cm³/mol. The van der Waals surface area contributed by atoms with E-state index in [1.807, 2.05) is 0 Å². The summed E-state index contributed by atoms with van der Waals surface area (Å²) in [5, 5.41) is 3.65. The first-order chi connectivity index (χ1) is 14.5. The van der Waals surface area contributed by atoms with Gasteiger partial charge in [0, 0.05) is 34.3 Å². The van der Waals surface area contributed by atoms with E-state index in [4.69, 9.17) is 0 Å². The molecule has 3 heteroatoms. The first-order valence-electron chi connectivity index (χ1n) is 11.5. The van der Waals surface area contributed by atoms with Gasteiger partial charge in [-0.05, 0) is 82.4 Å². The Labute approximate surface area is 187 Å². The maximum atomic E-state index is 13.1. The van der Waals surface area contributed by atoms with Crippen LogP contribution in [0.15, 0.2) is 48.5 Å². The Balaban J connectivity index is 1.87. The molecular formula is C28H36N2O. The minimum atomic E-state index is -0.267. The van der Waals surface area contributed by atoms with Crippen molar-refractivity contribution in [2.75, 3.05) is 10.2 Å². The number of nitrogens with one attached hydrogen (secondary N) is 1. The summed E-state index contributed by atoms with van der Waals surface area (Å²) in [6, 6.07) is 15.4. The molecule has 0 saturated carbocycles. The Bertz CT molecular complexity index is 1060. The van der Waals surface area contributed by atoms with Crippen molar-refractivity contribution in [2.24, 2.45) is 0 Å². The van der Waals surface area contributed by atoms with E-state index in [1.54, 1.807) is 0 Å². The topological polar surface area (TPSA) is 32.3 Å². The molecule has 0 bridgehead atoms. The lowest BCUT2D eigenvalue weighted by Crippen LogP contribution is -2.55. The van der Waals surface area contributed by atoms with Crippen LogP contribution in [0.4, 0.5) is 11.4 Å². The number of carbonyl (C=O) groups excluding carboxylic acids is 1. The van der Waals surface area contributed by atoms with Crippen LogP contribution in [0, 0.1) is 0 Å². The maximum absolute atomic E-state index is 13.1. The predicted octanol–water partition coefficient (Wildman–Crippen LogP) is 6.92. The molecule has 3 nitrogen and oxygen atoms in total. The van der Waals surface area contributed by atoms with E-state index < -0.39 is 0 Å². The van der Waals surface area contributed by atoms with Crippen LogP contribution in [0.3, 0.4) is 0 Å². The Hall–Kier alpha value is -2.55. The molecule has 4 rings (SSSR count). The molecule has 1 atom stereocenters. The zero-order valence-electron chi connectivity index (χ0n) is 20.1. The van der Waals surface area contributed by atoms with Crippen LogP contribution >= 0.6 is 0 Å². The van der Waals surface area contributed by atoms with Crippen molar-refractivity contribution >= 4 is 22.9 Å². The summed E-state index contributed by atoms with van der Waals surface area (Å²) in [4.78, 5) is 15.2. The van der Waals surface area contributed by atoms with Gasteiger partial charge in [-0.25, -0.2) is 0 Å². The van der Waals surface area contributed by atoms with Crippen molar-refractivity contribution in [3.05, 3.63) is 65.2 Å². The Morgan fingerprint density at radius 2 is 1.77 bits per heavy atom. The molecule has 2 aliphatic rings. The fourth-order valence-corrected chi connectivity index (χ4v) is 5.88. The van der Waals surface area contributed by atoms with E-state index in [0.717, 1.165) is 18.5 Å². The van der Waals surface area contributed by atoms with Gasteiger partial charge in [-0.1, -0.05) is 44.2 Å². The number of allylic oxidation sites excluding steroid dienone is 1. The zero-order chi connectivity index (χ0) is 22.6. The van der Waals surface area contributed by atoms with Crippen LogP contribution < -0.4 is 10.2 Å². The third kappa shape index (κ3) is 3.58. The molecule has 2 aliphatic heterocycles. The van der Waals surface area contributed by atoms with Crippen molar-refractivity contribution in [2.45, 2.75) is 84.2 Å². The molecule has 31 heavy (non-hydrogen) atoms. The van der Waals surface area contributed by atoms with E-state index in [0.29, 0.717) is 6.42 Å². The standard InChI is InChI=1S/C28H36N2O/c1-8-11-25(31)30-24-13-10-9-12-22(24)28(7,18-27(30,5)6)20-14-15-23-21(16-20)19(2)17-26(3,4)29-23/h9-10,12-17,29H,8,11,18H2,1-7H3. The number of fused-ring (bicyclic) bond motifs is 2. The molecule has 2 heterocycles. The number of anilines is 2. The number of amides is 1. The van der Waals surface area contributed by atoms with Crippen LogP contribution in [-0.2, 0) is 10.2 Å². The number of benzene rings is 2. The highest BCUT2D eigenvalue weighted by atomic mass is 16.2. The van der Waals surface area contributed by atoms with E-state index in [1.165, 1.54) is 28.0 Å². The zero-order valence-corrected chi connectivity index (χ0v) is 20.1. The number of para-hydroxylation sites is 1. The summed E-state index contributed by atoms with van der Waals surface area (Å²) in [6.07, 6.45) is 4.64. The minimum Gasteiger partial charge on any atom is -0.376 e. The Kier molecular flexibility index (Phi) is 5.07. The monoisotopic (exact) mass is 416 g/mol. The molecule has 2 aromatic rings. The summed E-state index contributed by atoms with van der Waals surface area (Å²) in [5.74, 6) is 0.220. The van der Waals surface area contributed by atoms with Gasteiger partial charge in [0.15, 0.2) is 0 Å². The molecule has 0 fully saturated rings. The Morgan fingerprint density at radius 3 is 2.48 bits per heavy atom. The number of carbonyl (C=O) groups is 1. The van der Waals surface area contributed by atoms with Gasteiger partial charge in [0.05, 0.1) is 5.54 Å². The fourth-order valence-electron chi connectivity index (χ4n) is 5.88. The first-order valence-corrected chi connectivity index (χ1v) is 11.5. The second-order valence-electron chi connectivity index (χ2n) is 10.8. The van der Waals surface area contributed by atoms with E-state index in [2.05, 4.69) is 107 Å². The first kappa shape index (κ1) is 21.7. The van der Waals surface area contributed by atoms with Crippen LogP contribution in [0.25, 0.3) is 5.57 Å². The van der Waals surface area contributed by atoms with Crippen molar-refractivity contribution in [3.63, 3.8) is 0 Å². The lowest BCUT2D eigenvalue weighted by Gasteiger charge is -2.51. The second kappa shape index (κ2) is 7.25. The average molecular weight is 417 g/mol. The van der Waals surface area contributed by atoms with Crippen LogP contribution in [0.5, 0.6) is 0 Å². The van der Waals surface area contributed by atoms with Crippen molar-refractivity contribution in [3.8, 4) is 0 Å². The van der Waals surface area contributed by atoms with Crippen molar-refractivity contribution in [1.82, 2.24) is 0 Å². The van der Waals surface area contributed by atoms with Crippen LogP contribution in [-0.4, -0.2) is 17.0 Å².